The Bertz CT molecular complexity index is 1250. The molecule has 0 saturated carbocycles. The minimum absolute atomic E-state index is 0.134. The Kier molecular flexibility index (Phi) is 10.2. The van der Waals surface area contributed by atoms with Gasteiger partial charge in [-0.15, -0.1) is 11.3 Å². The molecule has 2 aromatic rings. The summed E-state index contributed by atoms with van der Waals surface area (Å²) in [5.74, 6) is -0.478. The van der Waals surface area contributed by atoms with E-state index < -0.39 is 41.1 Å². The molecule has 4 atom stereocenters. The van der Waals surface area contributed by atoms with E-state index in [9.17, 15) is 14.4 Å². The molecule has 3 heterocycles. The Hall–Kier alpha value is -3.47. The number of pyridine rings is 1. The third-order valence-corrected chi connectivity index (χ3v) is 7.66. The fourth-order valence-corrected chi connectivity index (χ4v) is 5.43. The van der Waals surface area contributed by atoms with Crippen LogP contribution in [0.25, 0.3) is 0 Å². The SMILES string of the molecule is COC(=O)C1C[C@@H](OC(=NC(C)c2ccccn2)c2sccc2C)CN1C(=O)[C@@H](NC(=O)NC(C)(C)C)C(C)(C)C. The second-order valence-corrected chi connectivity index (χ2v) is 13.4. The minimum Gasteiger partial charge on any atom is -0.472 e. The van der Waals surface area contributed by atoms with Gasteiger partial charge in [-0.1, -0.05) is 26.8 Å². The highest BCUT2D eigenvalue weighted by atomic mass is 32.1. The van der Waals surface area contributed by atoms with Gasteiger partial charge >= 0.3 is 12.0 Å². The fourth-order valence-electron chi connectivity index (χ4n) is 4.57. The second kappa shape index (κ2) is 13.0. The molecule has 3 rings (SSSR count). The van der Waals surface area contributed by atoms with Crippen LogP contribution in [-0.2, 0) is 19.1 Å². The summed E-state index contributed by atoms with van der Waals surface area (Å²) in [4.78, 5) is 51.3. The van der Waals surface area contributed by atoms with Gasteiger partial charge in [0.1, 0.15) is 18.2 Å². The number of methoxy groups -OCH3 is 1. The van der Waals surface area contributed by atoms with Crippen molar-refractivity contribution >= 4 is 35.1 Å². The van der Waals surface area contributed by atoms with Gasteiger partial charge in [0.05, 0.1) is 30.3 Å². The molecular weight excluding hydrogens is 542 g/mol. The molecule has 2 unspecified atom stereocenters. The normalized spacial score (nSPS) is 19.3. The van der Waals surface area contributed by atoms with E-state index in [0.717, 1.165) is 16.1 Å². The molecule has 1 saturated heterocycles. The van der Waals surface area contributed by atoms with Crippen molar-refractivity contribution in [2.75, 3.05) is 13.7 Å². The summed E-state index contributed by atoms with van der Waals surface area (Å²) in [5.41, 5.74) is 0.689. The average molecular weight is 586 g/mol. The van der Waals surface area contributed by atoms with Crippen LogP contribution in [0.3, 0.4) is 0 Å². The smallest absolute Gasteiger partial charge is 0.328 e. The highest BCUT2D eigenvalue weighted by Gasteiger charge is 2.46. The minimum atomic E-state index is -0.896. The van der Waals surface area contributed by atoms with Gasteiger partial charge < -0.3 is 25.0 Å². The largest absolute Gasteiger partial charge is 0.472 e. The Morgan fingerprint density at radius 3 is 2.39 bits per heavy atom. The Labute approximate surface area is 246 Å². The van der Waals surface area contributed by atoms with E-state index in [1.165, 1.54) is 23.3 Å². The van der Waals surface area contributed by atoms with Crippen LogP contribution in [0.1, 0.15) is 77.1 Å². The van der Waals surface area contributed by atoms with Crippen molar-refractivity contribution in [3.63, 3.8) is 0 Å². The zero-order valence-corrected chi connectivity index (χ0v) is 26.3. The maximum Gasteiger partial charge on any atom is 0.328 e. The lowest BCUT2D eigenvalue weighted by molar-refractivity contribution is -0.152. The monoisotopic (exact) mass is 585 g/mol. The lowest BCUT2D eigenvalue weighted by Crippen LogP contribution is -2.60. The maximum absolute atomic E-state index is 14.0. The molecule has 1 fully saturated rings. The number of likely N-dealkylation sites (tertiary alicyclic amines) is 1. The van der Waals surface area contributed by atoms with Crippen molar-refractivity contribution in [3.05, 3.63) is 52.0 Å². The molecule has 1 aliphatic heterocycles. The number of esters is 1. The third-order valence-electron chi connectivity index (χ3n) is 6.66. The molecule has 0 aromatic carbocycles. The maximum atomic E-state index is 14.0. The van der Waals surface area contributed by atoms with Gasteiger partial charge in [-0.3, -0.25) is 9.78 Å². The first-order valence-electron chi connectivity index (χ1n) is 13.8. The zero-order chi connectivity index (χ0) is 30.5. The van der Waals surface area contributed by atoms with Crippen molar-refractivity contribution in [2.24, 2.45) is 10.4 Å². The molecule has 1 aliphatic rings. The Balaban J connectivity index is 1.90. The van der Waals surface area contributed by atoms with E-state index in [-0.39, 0.29) is 24.9 Å². The van der Waals surface area contributed by atoms with Crippen LogP contribution in [0.2, 0.25) is 0 Å². The first kappa shape index (κ1) is 32.0. The van der Waals surface area contributed by atoms with E-state index in [1.807, 2.05) is 85.0 Å². The van der Waals surface area contributed by atoms with Gasteiger partial charge in [0, 0.05) is 18.2 Å². The van der Waals surface area contributed by atoms with Crippen LogP contribution in [0, 0.1) is 12.3 Å². The molecule has 3 amide bonds. The van der Waals surface area contributed by atoms with Crippen LogP contribution in [0.5, 0.6) is 0 Å². The molecule has 2 aromatic heterocycles. The van der Waals surface area contributed by atoms with Crippen molar-refractivity contribution in [1.29, 1.82) is 0 Å². The number of nitrogens with zero attached hydrogens (tertiary/aromatic N) is 3. The summed E-state index contributed by atoms with van der Waals surface area (Å²) in [5, 5.41) is 7.65. The van der Waals surface area contributed by atoms with Gasteiger partial charge in [0.15, 0.2) is 0 Å². The van der Waals surface area contributed by atoms with E-state index >= 15 is 0 Å². The third kappa shape index (κ3) is 8.51. The number of hydrogen-bond donors (Lipinski definition) is 2. The number of carbonyl (C=O) groups is 3. The van der Waals surface area contributed by atoms with Crippen LogP contribution in [-0.4, -0.2) is 71.1 Å². The van der Waals surface area contributed by atoms with Crippen LogP contribution >= 0.6 is 11.3 Å². The van der Waals surface area contributed by atoms with Gasteiger partial charge in [-0.2, -0.15) is 0 Å². The number of aryl methyl sites for hydroxylation is 1. The Morgan fingerprint density at radius 2 is 1.85 bits per heavy atom. The number of aliphatic imine (C=N–C) groups is 1. The second-order valence-electron chi connectivity index (χ2n) is 12.5. The lowest BCUT2D eigenvalue weighted by Gasteiger charge is -2.35. The predicted molar refractivity (Wildman–Crippen MR) is 160 cm³/mol. The van der Waals surface area contributed by atoms with Gasteiger partial charge in [0.2, 0.25) is 11.8 Å². The number of hydrogen-bond acceptors (Lipinski definition) is 8. The molecule has 0 bridgehead atoms. The number of carbonyl (C=O) groups excluding carboxylic acids is 3. The van der Waals surface area contributed by atoms with Crippen LogP contribution < -0.4 is 10.6 Å². The molecule has 224 valence electrons. The molecule has 10 nitrogen and oxygen atoms in total. The van der Waals surface area contributed by atoms with Crippen molar-refractivity contribution in [2.45, 2.75) is 91.6 Å². The average Bonchev–Trinajstić information content (AvgIpc) is 3.51. The van der Waals surface area contributed by atoms with Gasteiger partial charge in [0.25, 0.3) is 0 Å². The van der Waals surface area contributed by atoms with Crippen molar-refractivity contribution in [3.8, 4) is 0 Å². The molecule has 41 heavy (non-hydrogen) atoms. The highest BCUT2D eigenvalue weighted by Crippen LogP contribution is 2.30. The highest BCUT2D eigenvalue weighted by molar-refractivity contribution is 7.12. The standard InChI is InChI=1S/C30H43N5O5S/c1-18-13-15-41-23(18)25(32-19(2)21-12-10-11-14-31-21)40-20-16-22(27(37)39-9)35(17-20)26(36)24(29(3,4)5)33-28(38)34-30(6,7)8/h10-15,19-20,22,24H,16-17H2,1-9H3,(H2,33,34,38)/t19?,20-,22?,24-/m1/s1. The van der Waals surface area contributed by atoms with E-state index in [1.54, 1.807) is 6.20 Å². The number of rotatable bonds is 7. The number of urea groups is 1. The summed E-state index contributed by atoms with van der Waals surface area (Å²) in [7, 11) is 1.30. The van der Waals surface area contributed by atoms with Crippen molar-refractivity contribution in [1.82, 2.24) is 20.5 Å². The molecule has 2 N–H and O–H groups in total. The molecule has 0 spiro atoms. The quantitative estimate of drug-likeness (QED) is 0.278. The van der Waals surface area contributed by atoms with Gasteiger partial charge in [-0.25, -0.2) is 14.6 Å². The fraction of sp³-hybridized carbons (Fsp3) is 0.567. The van der Waals surface area contributed by atoms with Crippen molar-refractivity contribution < 1.29 is 23.9 Å². The number of thiophene rings is 1. The van der Waals surface area contributed by atoms with E-state index in [2.05, 4.69) is 15.6 Å². The number of amides is 3. The zero-order valence-electron chi connectivity index (χ0n) is 25.5. The van der Waals surface area contributed by atoms with Crippen LogP contribution in [0.4, 0.5) is 4.79 Å². The molecule has 0 radical (unpaired) electrons. The Morgan fingerprint density at radius 1 is 1.15 bits per heavy atom. The number of aromatic nitrogens is 1. The molecule has 0 aliphatic carbocycles. The first-order valence-corrected chi connectivity index (χ1v) is 14.7. The summed E-state index contributed by atoms with van der Waals surface area (Å²) in [6.07, 6.45) is 1.43. The lowest BCUT2D eigenvalue weighted by atomic mass is 9.85. The van der Waals surface area contributed by atoms with Crippen LogP contribution in [0.15, 0.2) is 40.8 Å². The molecule has 11 heteroatoms. The topological polar surface area (TPSA) is 122 Å². The summed E-state index contributed by atoms with van der Waals surface area (Å²) < 4.78 is 11.5. The summed E-state index contributed by atoms with van der Waals surface area (Å²) in [6, 6.07) is 5.16. The van der Waals surface area contributed by atoms with E-state index in [0.29, 0.717) is 5.90 Å². The summed E-state index contributed by atoms with van der Waals surface area (Å²) >= 11 is 1.51. The number of nitrogens with one attached hydrogen (secondary N) is 2. The summed E-state index contributed by atoms with van der Waals surface area (Å²) in [6.45, 7) is 15.3. The molecular formula is C30H43N5O5S. The predicted octanol–water partition coefficient (Wildman–Crippen LogP) is 4.63. The van der Waals surface area contributed by atoms with Gasteiger partial charge in [-0.05, 0) is 69.2 Å². The first-order chi connectivity index (χ1) is 19.1. The van der Waals surface area contributed by atoms with E-state index in [4.69, 9.17) is 14.5 Å². The number of ether oxygens (including phenoxy) is 2.